The van der Waals surface area contributed by atoms with Crippen LogP contribution >= 0.6 is 0 Å². The van der Waals surface area contributed by atoms with Gasteiger partial charge in [0.2, 0.25) is 0 Å². The molecule has 27 heavy (non-hydrogen) atoms. The number of hydrogen-bond acceptors (Lipinski definition) is 5. The van der Waals surface area contributed by atoms with E-state index in [0.717, 1.165) is 50.9 Å². The van der Waals surface area contributed by atoms with E-state index in [0.29, 0.717) is 0 Å². The van der Waals surface area contributed by atoms with Crippen LogP contribution in [0, 0.1) is 12.3 Å². The maximum atomic E-state index is 4.81. The number of hydrogen-bond donors (Lipinski definition) is 0. The zero-order valence-corrected chi connectivity index (χ0v) is 15.8. The monoisotopic (exact) mass is 359 g/mol. The number of rotatable bonds is 4. The second-order valence-corrected chi connectivity index (χ2v) is 8.16. The minimum absolute atomic E-state index is 0.0285. The lowest BCUT2D eigenvalue weighted by Gasteiger charge is -2.60. The Morgan fingerprint density at radius 3 is 2.04 bits per heavy atom. The van der Waals surface area contributed by atoms with E-state index in [2.05, 4.69) is 81.3 Å². The van der Waals surface area contributed by atoms with Crippen molar-refractivity contribution in [1.29, 1.82) is 0 Å². The Bertz CT molecular complexity index is 834. The van der Waals surface area contributed by atoms with Crippen LogP contribution in [0.2, 0.25) is 0 Å². The molecule has 4 bridgehead atoms. The van der Waals surface area contributed by atoms with E-state index in [-0.39, 0.29) is 5.41 Å². The second-order valence-electron chi connectivity index (χ2n) is 8.16. The molecule has 6 rings (SSSR count). The van der Waals surface area contributed by atoms with Gasteiger partial charge in [0.15, 0.2) is 0 Å². The minimum atomic E-state index is 0.0285. The maximum absolute atomic E-state index is 4.81. The van der Waals surface area contributed by atoms with Crippen molar-refractivity contribution in [1.82, 2.24) is 14.7 Å². The van der Waals surface area contributed by atoms with Crippen molar-refractivity contribution in [2.75, 3.05) is 39.6 Å². The molecule has 0 aliphatic carbocycles. The van der Waals surface area contributed by atoms with Crippen LogP contribution in [0.1, 0.15) is 16.7 Å². The van der Waals surface area contributed by atoms with Gasteiger partial charge in [-0.05, 0) is 18.1 Å². The summed E-state index contributed by atoms with van der Waals surface area (Å²) in [4.78, 5) is 7.58. The first-order valence-corrected chi connectivity index (χ1v) is 9.61. The van der Waals surface area contributed by atoms with Gasteiger partial charge in [0.05, 0.1) is 37.3 Å². The third-order valence-corrected chi connectivity index (χ3v) is 5.77. The Kier molecular flexibility index (Phi) is 4.16. The third-order valence-electron chi connectivity index (χ3n) is 5.77. The van der Waals surface area contributed by atoms with Gasteiger partial charge in [-0.2, -0.15) is 10.2 Å². The molecule has 0 amide bonds. The lowest BCUT2D eigenvalue weighted by atomic mass is 9.74. The molecule has 2 aromatic carbocycles. The first-order chi connectivity index (χ1) is 13.2. The fourth-order valence-electron chi connectivity index (χ4n) is 4.81. The zero-order chi connectivity index (χ0) is 18.3. The van der Waals surface area contributed by atoms with E-state index in [1.807, 2.05) is 6.21 Å². The summed E-state index contributed by atoms with van der Waals surface area (Å²) in [6.45, 7) is 8.52. The normalized spacial score (nSPS) is 32.3. The van der Waals surface area contributed by atoms with Crippen molar-refractivity contribution in [3.05, 3.63) is 71.3 Å². The molecule has 0 spiro atoms. The Balaban J connectivity index is 1.51. The summed E-state index contributed by atoms with van der Waals surface area (Å²) in [6.07, 6.45) is 1.86. The molecule has 4 saturated heterocycles. The molecule has 4 fully saturated rings. The largest absolute Gasteiger partial charge is 0.276 e. The van der Waals surface area contributed by atoms with Crippen molar-refractivity contribution >= 4 is 11.9 Å². The lowest BCUT2D eigenvalue weighted by Crippen LogP contribution is -2.74. The maximum Gasteiger partial charge on any atom is 0.0802 e. The quantitative estimate of drug-likeness (QED) is 0.622. The summed E-state index contributed by atoms with van der Waals surface area (Å²) >= 11 is 0. The molecule has 0 aromatic heterocycles. The van der Waals surface area contributed by atoms with Crippen LogP contribution in [-0.4, -0.2) is 66.3 Å². The molecule has 5 heteroatoms. The molecule has 5 nitrogen and oxygen atoms in total. The van der Waals surface area contributed by atoms with Crippen LogP contribution in [0.5, 0.6) is 0 Å². The lowest BCUT2D eigenvalue weighted by molar-refractivity contribution is -0.149. The van der Waals surface area contributed by atoms with Gasteiger partial charge in [-0.1, -0.05) is 60.2 Å². The highest BCUT2D eigenvalue weighted by Crippen LogP contribution is 2.38. The number of nitrogens with zero attached hydrogens (tertiary/aromatic N) is 5. The van der Waals surface area contributed by atoms with Gasteiger partial charge in [-0.3, -0.25) is 14.7 Å². The second kappa shape index (κ2) is 6.68. The third kappa shape index (κ3) is 3.23. The molecule has 0 N–H and O–H groups in total. The van der Waals surface area contributed by atoms with Crippen LogP contribution in [0.25, 0.3) is 0 Å². The topological polar surface area (TPSA) is 34.4 Å². The van der Waals surface area contributed by atoms with Crippen LogP contribution in [0.3, 0.4) is 0 Å². The Hall–Kier alpha value is -2.34. The fourth-order valence-corrected chi connectivity index (χ4v) is 4.81. The predicted molar refractivity (Wildman–Crippen MR) is 109 cm³/mol. The van der Waals surface area contributed by atoms with Gasteiger partial charge < -0.3 is 0 Å². The van der Waals surface area contributed by atoms with E-state index < -0.39 is 0 Å². The van der Waals surface area contributed by atoms with E-state index in [1.165, 1.54) is 11.1 Å². The Morgan fingerprint density at radius 2 is 1.44 bits per heavy atom. The molecule has 138 valence electrons. The molecule has 0 unspecified atom stereocenters. The van der Waals surface area contributed by atoms with E-state index in [4.69, 9.17) is 5.10 Å². The first kappa shape index (κ1) is 16.8. The van der Waals surface area contributed by atoms with Gasteiger partial charge in [0.25, 0.3) is 0 Å². The highest BCUT2D eigenvalue weighted by molar-refractivity contribution is 6.05. The summed E-state index contributed by atoms with van der Waals surface area (Å²) in [7, 11) is 0. The molecular weight excluding hydrogens is 334 g/mol. The van der Waals surface area contributed by atoms with Crippen molar-refractivity contribution in [3.8, 4) is 0 Å². The van der Waals surface area contributed by atoms with Gasteiger partial charge in [-0.15, -0.1) is 0 Å². The Morgan fingerprint density at radius 1 is 0.852 bits per heavy atom. The van der Waals surface area contributed by atoms with Crippen LogP contribution < -0.4 is 0 Å². The smallest absolute Gasteiger partial charge is 0.0802 e. The summed E-state index contributed by atoms with van der Waals surface area (Å²) in [5.74, 6) is 0. The van der Waals surface area contributed by atoms with Crippen molar-refractivity contribution in [3.63, 3.8) is 0 Å². The van der Waals surface area contributed by atoms with Crippen LogP contribution in [0.15, 0.2) is 64.8 Å². The van der Waals surface area contributed by atoms with Gasteiger partial charge in [0.1, 0.15) is 0 Å². The molecule has 4 aliphatic rings. The molecular formula is C22H25N5. The number of aryl methyl sites for hydroxylation is 1. The summed E-state index contributed by atoms with van der Waals surface area (Å²) in [5, 5.41) is 9.32. The zero-order valence-electron chi connectivity index (χ0n) is 15.8. The molecule has 0 radical (unpaired) electrons. The molecule has 4 aliphatic heterocycles. The van der Waals surface area contributed by atoms with Gasteiger partial charge in [-0.25, -0.2) is 0 Å². The van der Waals surface area contributed by atoms with Crippen molar-refractivity contribution in [2.45, 2.75) is 6.92 Å². The minimum Gasteiger partial charge on any atom is -0.276 e. The fraction of sp³-hybridized carbons (Fsp3) is 0.364. The van der Waals surface area contributed by atoms with Gasteiger partial charge in [0, 0.05) is 19.6 Å². The number of benzene rings is 2. The van der Waals surface area contributed by atoms with E-state index >= 15 is 0 Å². The molecule has 2 aromatic rings. The SMILES string of the molecule is Cc1ccc(/C=N\N=C(/c2ccccc2)C23CN4CN(CN(C4)C2)C3)cc1. The standard InChI is InChI=1S/C22H25N5/c1-18-7-9-19(10-8-18)11-23-24-21(20-5-3-2-4-6-20)22-12-25-15-26(13-22)17-27(14-22)16-25/h2-11H,12-17H2,1H3/b23-11-,24-21+. The van der Waals surface area contributed by atoms with E-state index in [9.17, 15) is 0 Å². The highest BCUT2D eigenvalue weighted by Gasteiger charge is 2.51. The highest BCUT2D eigenvalue weighted by atomic mass is 15.5. The Labute approximate surface area is 160 Å². The summed E-state index contributed by atoms with van der Waals surface area (Å²) in [5.41, 5.74) is 4.67. The van der Waals surface area contributed by atoms with Crippen LogP contribution in [-0.2, 0) is 0 Å². The van der Waals surface area contributed by atoms with Crippen LogP contribution in [0.4, 0.5) is 0 Å². The van der Waals surface area contributed by atoms with Crippen molar-refractivity contribution < 1.29 is 0 Å². The predicted octanol–water partition coefficient (Wildman–Crippen LogP) is 2.62. The molecule has 0 saturated carbocycles. The summed E-state index contributed by atoms with van der Waals surface area (Å²) in [6, 6.07) is 19.0. The van der Waals surface area contributed by atoms with Gasteiger partial charge >= 0.3 is 0 Å². The average Bonchev–Trinajstić information content (AvgIpc) is 2.66. The first-order valence-electron chi connectivity index (χ1n) is 9.61. The van der Waals surface area contributed by atoms with E-state index in [1.54, 1.807) is 0 Å². The average molecular weight is 359 g/mol. The molecule has 4 heterocycles. The summed E-state index contributed by atoms with van der Waals surface area (Å²) < 4.78 is 0. The van der Waals surface area contributed by atoms with Crippen molar-refractivity contribution in [2.24, 2.45) is 15.6 Å². The molecule has 0 atom stereocenters.